The number of benzene rings is 3. The number of carbonyl (C=O) groups excluding carboxylic acids is 1. The molecule has 6 nitrogen and oxygen atoms in total. The van der Waals surface area contributed by atoms with E-state index >= 15 is 0 Å². The number of carbonyl (C=O) groups is 1. The molecule has 0 fully saturated rings. The molecule has 3 rings (SSSR count). The minimum absolute atomic E-state index is 0.0813. The average molecular weight is 374 g/mol. The van der Waals surface area contributed by atoms with Gasteiger partial charge in [0.1, 0.15) is 12.4 Å². The lowest BCUT2D eigenvalue weighted by Gasteiger charge is -2.06. The largest absolute Gasteiger partial charge is 0.480 e. The van der Waals surface area contributed by atoms with E-state index in [0.29, 0.717) is 5.56 Å². The van der Waals surface area contributed by atoms with E-state index < -0.39 is 10.8 Å². The highest BCUT2D eigenvalue weighted by Gasteiger charge is 2.14. The van der Waals surface area contributed by atoms with E-state index in [2.05, 4.69) is 17.2 Å². The molecule has 28 heavy (non-hydrogen) atoms. The van der Waals surface area contributed by atoms with Crippen molar-refractivity contribution in [3.63, 3.8) is 0 Å². The van der Waals surface area contributed by atoms with Crippen LogP contribution in [0.2, 0.25) is 0 Å². The highest BCUT2D eigenvalue weighted by atomic mass is 16.6. The lowest BCUT2D eigenvalue weighted by atomic mass is 10.1. The molecule has 0 bridgehead atoms. The predicted octanol–water partition coefficient (Wildman–Crippen LogP) is 3.87. The van der Waals surface area contributed by atoms with Gasteiger partial charge in [-0.2, -0.15) is 0 Å². The van der Waals surface area contributed by atoms with Crippen LogP contribution in [0.5, 0.6) is 5.75 Å². The molecule has 0 saturated heterocycles. The van der Waals surface area contributed by atoms with Crippen molar-refractivity contribution in [1.82, 2.24) is 5.32 Å². The van der Waals surface area contributed by atoms with Crippen LogP contribution in [0, 0.1) is 28.9 Å². The molecular formula is C22H18N2O4. The molecular weight excluding hydrogens is 356 g/mol. The summed E-state index contributed by atoms with van der Waals surface area (Å²) >= 11 is 0. The third kappa shape index (κ3) is 4.46. The van der Waals surface area contributed by atoms with Gasteiger partial charge in [0.15, 0.2) is 0 Å². The van der Waals surface area contributed by atoms with Gasteiger partial charge in [-0.1, -0.05) is 54.3 Å². The lowest BCUT2D eigenvalue weighted by molar-refractivity contribution is -0.385. The highest BCUT2D eigenvalue weighted by molar-refractivity contribution is 5.95. The zero-order chi connectivity index (χ0) is 19.9. The first kappa shape index (κ1) is 18.9. The second kappa shape index (κ2) is 8.69. The van der Waals surface area contributed by atoms with E-state index in [-0.39, 0.29) is 24.4 Å². The number of amides is 1. The Morgan fingerprint density at radius 3 is 2.71 bits per heavy atom. The second-order valence-corrected chi connectivity index (χ2v) is 6.06. The standard InChI is InChI=1S/C22H18N2O4/c1-16-11-12-18(15-20(16)24(26)27)22(25)23-13-4-5-14-28-21-10-6-8-17-7-2-3-9-19(17)21/h2-3,6-12,15H,13-14H2,1H3,(H,23,25). The van der Waals surface area contributed by atoms with Gasteiger partial charge in [0.05, 0.1) is 11.5 Å². The molecule has 6 heteroatoms. The van der Waals surface area contributed by atoms with Gasteiger partial charge < -0.3 is 10.1 Å². The summed E-state index contributed by atoms with van der Waals surface area (Å²) in [4.78, 5) is 22.6. The smallest absolute Gasteiger partial charge is 0.273 e. The monoisotopic (exact) mass is 374 g/mol. The van der Waals surface area contributed by atoms with Gasteiger partial charge in [-0.3, -0.25) is 14.9 Å². The van der Waals surface area contributed by atoms with Crippen LogP contribution in [0.25, 0.3) is 10.8 Å². The molecule has 1 amide bonds. The minimum atomic E-state index is -0.503. The first-order valence-electron chi connectivity index (χ1n) is 8.66. The SMILES string of the molecule is Cc1ccc(C(=O)NCC#CCOc2cccc3ccccc23)cc1[N+](=O)[O-]. The summed E-state index contributed by atoms with van der Waals surface area (Å²) < 4.78 is 5.70. The number of ether oxygens (including phenoxy) is 1. The van der Waals surface area contributed by atoms with E-state index in [9.17, 15) is 14.9 Å². The number of hydrogen-bond acceptors (Lipinski definition) is 4. The molecule has 0 atom stereocenters. The van der Waals surface area contributed by atoms with Crippen LogP contribution in [-0.2, 0) is 0 Å². The number of aryl methyl sites for hydroxylation is 1. The summed E-state index contributed by atoms with van der Waals surface area (Å²) in [6.45, 7) is 1.94. The Morgan fingerprint density at radius 1 is 1.11 bits per heavy atom. The van der Waals surface area contributed by atoms with Crippen molar-refractivity contribution in [3.8, 4) is 17.6 Å². The average Bonchev–Trinajstić information content (AvgIpc) is 2.70. The van der Waals surface area contributed by atoms with Gasteiger partial charge in [-0.15, -0.1) is 0 Å². The Kier molecular flexibility index (Phi) is 5.87. The molecule has 140 valence electrons. The molecule has 0 saturated carbocycles. The van der Waals surface area contributed by atoms with Gasteiger partial charge in [0.25, 0.3) is 11.6 Å². The zero-order valence-corrected chi connectivity index (χ0v) is 15.3. The van der Waals surface area contributed by atoms with Crippen molar-refractivity contribution >= 4 is 22.4 Å². The van der Waals surface area contributed by atoms with Crippen molar-refractivity contribution in [2.75, 3.05) is 13.2 Å². The normalized spacial score (nSPS) is 10.0. The number of nitrogens with one attached hydrogen (secondary N) is 1. The van der Waals surface area contributed by atoms with Crippen LogP contribution in [0.1, 0.15) is 15.9 Å². The molecule has 0 aliphatic heterocycles. The Balaban J connectivity index is 1.53. The number of nitrogens with zero attached hydrogens (tertiary/aromatic N) is 1. The molecule has 0 heterocycles. The highest BCUT2D eigenvalue weighted by Crippen LogP contribution is 2.24. The maximum atomic E-state index is 12.1. The summed E-state index contributed by atoms with van der Waals surface area (Å²) in [6.07, 6.45) is 0. The molecule has 1 N–H and O–H groups in total. The van der Waals surface area contributed by atoms with Crippen molar-refractivity contribution in [2.24, 2.45) is 0 Å². The molecule has 0 aliphatic rings. The number of fused-ring (bicyclic) bond motifs is 1. The maximum Gasteiger partial charge on any atom is 0.273 e. The number of nitro groups is 1. The van der Waals surface area contributed by atoms with Gasteiger partial charge in [-0.25, -0.2) is 0 Å². The Morgan fingerprint density at radius 2 is 1.89 bits per heavy atom. The predicted molar refractivity (Wildman–Crippen MR) is 107 cm³/mol. The molecule has 0 aromatic heterocycles. The summed E-state index contributed by atoms with van der Waals surface area (Å²) in [7, 11) is 0. The summed E-state index contributed by atoms with van der Waals surface area (Å²) in [6, 6.07) is 18.1. The van der Waals surface area contributed by atoms with Crippen LogP contribution >= 0.6 is 0 Å². The lowest BCUT2D eigenvalue weighted by Crippen LogP contribution is -2.23. The zero-order valence-electron chi connectivity index (χ0n) is 15.3. The molecule has 3 aromatic carbocycles. The first-order valence-corrected chi connectivity index (χ1v) is 8.66. The second-order valence-electron chi connectivity index (χ2n) is 6.06. The van der Waals surface area contributed by atoms with Crippen LogP contribution in [0.15, 0.2) is 60.7 Å². The Hall–Kier alpha value is -3.85. The van der Waals surface area contributed by atoms with E-state index in [1.54, 1.807) is 19.1 Å². The summed E-state index contributed by atoms with van der Waals surface area (Å²) in [5.74, 6) is 6.00. The Labute approximate surface area is 162 Å². The number of hydrogen-bond donors (Lipinski definition) is 1. The quantitative estimate of drug-likeness (QED) is 0.418. The number of rotatable bonds is 5. The molecule has 0 spiro atoms. The van der Waals surface area contributed by atoms with Crippen LogP contribution < -0.4 is 10.1 Å². The Bertz CT molecular complexity index is 1090. The maximum absolute atomic E-state index is 12.1. The molecule has 0 unspecified atom stereocenters. The van der Waals surface area contributed by atoms with Crippen molar-refractivity contribution in [2.45, 2.75) is 6.92 Å². The van der Waals surface area contributed by atoms with Crippen LogP contribution in [-0.4, -0.2) is 24.0 Å². The minimum Gasteiger partial charge on any atom is -0.480 e. The van der Waals surface area contributed by atoms with E-state index in [4.69, 9.17) is 4.74 Å². The van der Waals surface area contributed by atoms with Crippen molar-refractivity contribution in [1.29, 1.82) is 0 Å². The van der Waals surface area contributed by atoms with Gasteiger partial charge in [0, 0.05) is 22.6 Å². The summed E-state index contributed by atoms with van der Waals surface area (Å²) in [5.41, 5.74) is 0.653. The fourth-order valence-corrected chi connectivity index (χ4v) is 2.72. The molecule has 3 aromatic rings. The van der Waals surface area contributed by atoms with Crippen molar-refractivity contribution in [3.05, 3.63) is 81.9 Å². The van der Waals surface area contributed by atoms with E-state index in [0.717, 1.165) is 16.5 Å². The van der Waals surface area contributed by atoms with Crippen molar-refractivity contribution < 1.29 is 14.5 Å². The van der Waals surface area contributed by atoms with E-state index in [1.807, 2.05) is 42.5 Å². The van der Waals surface area contributed by atoms with Gasteiger partial charge in [-0.05, 0) is 24.4 Å². The van der Waals surface area contributed by atoms with E-state index in [1.165, 1.54) is 6.07 Å². The molecule has 0 radical (unpaired) electrons. The van der Waals surface area contributed by atoms with Gasteiger partial charge in [0.2, 0.25) is 0 Å². The number of nitro benzene ring substituents is 1. The van der Waals surface area contributed by atoms with Crippen LogP contribution in [0.4, 0.5) is 5.69 Å². The topological polar surface area (TPSA) is 81.5 Å². The third-order valence-electron chi connectivity index (χ3n) is 4.18. The third-order valence-corrected chi connectivity index (χ3v) is 4.18. The first-order chi connectivity index (χ1) is 13.6. The fraction of sp³-hybridized carbons (Fsp3) is 0.136. The van der Waals surface area contributed by atoms with Crippen LogP contribution in [0.3, 0.4) is 0 Å². The van der Waals surface area contributed by atoms with Gasteiger partial charge >= 0.3 is 0 Å². The fourth-order valence-electron chi connectivity index (χ4n) is 2.72. The molecule has 0 aliphatic carbocycles. The summed E-state index contributed by atoms with van der Waals surface area (Å²) in [5, 5.41) is 15.7.